The van der Waals surface area contributed by atoms with Crippen molar-refractivity contribution in [2.45, 2.75) is 0 Å². The molecule has 0 aliphatic rings. The van der Waals surface area contributed by atoms with Crippen LogP contribution in [-0.2, 0) is 29.0 Å². The van der Waals surface area contributed by atoms with Crippen molar-refractivity contribution in [3.8, 4) is 0 Å². The van der Waals surface area contributed by atoms with E-state index >= 15 is 0 Å². The van der Waals surface area contributed by atoms with Gasteiger partial charge in [0.05, 0.1) is 0 Å². The van der Waals surface area contributed by atoms with E-state index in [2.05, 4.69) is 0 Å². The van der Waals surface area contributed by atoms with Crippen molar-refractivity contribution in [3.05, 3.63) is 0 Å². The van der Waals surface area contributed by atoms with Crippen LogP contribution < -0.4 is 0 Å². The Balaban J connectivity index is 0. The van der Waals surface area contributed by atoms with Crippen molar-refractivity contribution in [1.82, 2.24) is 0 Å². The zero-order valence-corrected chi connectivity index (χ0v) is 4.53. The van der Waals surface area contributed by atoms with Crippen molar-refractivity contribution < 1.29 is 29.0 Å². The molecule has 34 valence electrons. The predicted octanol–water partition coefficient (Wildman–Crippen LogP) is -1.13. The molecule has 0 saturated heterocycles. The van der Waals surface area contributed by atoms with Gasteiger partial charge in [0.1, 0.15) is 0 Å². The van der Waals surface area contributed by atoms with E-state index in [0.29, 0.717) is 0 Å². The van der Waals surface area contributed by atoms with Gasteiger partial charge in [0, 0.05) is 0 Å². The van der Waals surface area contributed by atoms with Gasteiger partial charge in [-0.2, -0.15) is 0 Å². The molecule has 0 aliphatic heterocycles. The summed E-state index contributed by atoms with van der Waals surface area (Å²) in [6.07, 6.45) is 0. The fraction of sp³-hybridized carbons (Fsp3) is 0. The van der Waals surface area contributed by atoms with Crippen LogP contribution in [0.4, 0.5) is 0 Å². The second-order valence-electron chi connectivity index (χ2n) is 0.354. The van der Waals surface area contributed by atoms with Gasteiger partial charge in [0.15, 0.2) is 0 Å². The third-order valence-corrected chi connectivity index (χ3v) is 0. The molecular weight excluding hydrogens is 261 g/mol. The van der Waals surface area contributed by atoms with Crippen LogP contribution in [0, 0.1) is 0 Å². The molecule has 0 N–H and O–H groups in total. The van der Waals surface area contributed by atoms with E-state index in [-0.39, 0.29) is 18.9 Å². The van der Waals surface area contributed by atoms with Gasteiger partial charge in [-0.1, -0.05) is 0 Å². The Morgan fingerprint density at radius 3 is 0.833 bits per heavy atom. The standard InChI is InChI=1S/Li.4O.Os.H. The molecule has 4 nitrogen and oxygen atoms in total. The molecule has 0 aliphatic carbocycles. The van der Waals surface area contributed by atoms with Gasteiger partial charge in [0.2, 0.25) is 0 Å². The van der Waals surface area contributed by atoms with Crippen LogP contribution in [0.3, 0.4) is 0 Å². The monoisotopic (exact) mass is 264 g/mol. The summed E-state index contributed by atoms with van der Waals surface area (Å²) in [6.45, 7) is 0. The quantitative estimate of drug-likeness (QED) is 0.518. The van der Waals surface area contributed by atoms with Crippen molar-refractivity contribution >= 4 is 18.9 Å². The molecule has 6 heavy (non-hydrogen) atoms. The molecule has 0 atom stereocenters. The molecule has 6 heteroatoms. The van der Waals surface area contributed by atoms with Crippen LogP contribution in [0.2, 0.25) is 0 Å². The Morgan fingerprint density at radius 1 is 0.833 bits per heavy atom. The zero-order valence-electron chi connectivity index (χ0n) is 1.99. The van der Waals surface area contributed by atoms with Crippen molar-refractivity contribution in [2.24, 2.45) is 0 Å². The molecule has 0 rings (SSSR count). The van der Waals surface area contributed by atoms with Gasteiger partial charge < -0.3 is 0 Å². The fourth-order valence-corrected chi connectivity index (χ4v) is 0. The van der Waals surface area contributed by atoms with E-state index in [4.69, 9.17) is 14.2 Å². The fourth-order valence-electron chi connectivity index (χ4n) is 0. The Labute approximate surface area is 48.1 Å². The first kappa shape index (κ1) is 9.66. The summed E-state index contributed by atoms with van der Waals surface area (Å²) in [5, 5.41) is 0. The third-order valence-electron chi connectivity index (χ3n) is 0. The van der Waals surface area contributed by atoms with Gasteiger partial charge in [-0.3, -0.25) is 0 Å². The molecule has 0 spiro atoms. The number of rotatable bonds is 0. The minimum atomic E-state index is -6.06. The Bertz CT molecular complexity index is 159. The van der Waals surface area contributed by atoms with Crippen molar-refractivity contribution in [3.63, 3.8) is 0 Å². The maximum atomic E-state index is 8.63. The van der Waals surface area contributed by atoms with E-state index in [1.165, 1.54) is 0 Å². The first-order chi connectivity index (χ1) is 2.00. The van der Waals surface area contributed by atoms with Gasteiger partial charge in [0.25, 0.3) is 0 Å². The minimum absolute atomic E-state index is 0. The first-order valence-corrected chi connectivity index (χ1v) is 4.73. The molecule has 0 saturated carbocycles. The van der Waals surface area contributed by atoms with E-state index < -0.39 is 14.8 Å². The Morgan fingerprint density at radius 2 is 0.833 bits per heavy atom. The average molecular weight is 262 g/mol. The molecule has 0 aromatic rings. The molecular formula is HLiO4Os. The molecule has 0 amide bonds. The van der Waals surface area contributed by atoms with E-state index in [0.717, 1.165) is 0 Å². The van der Waals surface area contributed by atoms with Crippen molar-refractivity contribution in [2.75, 3.05) is 0 Å². The predicted molar refractivity (Wildman–Crippen MR) is 9.89 cm³/mol. The summed E-state index contributed by atoms with van der Waals surface area (Å²) < 4.78 is 34.5. The van der Waals surface area contributed by atoms with Crippen LogP contribution in [0.5, 0.6) is 0 Å². The topological polar surface area (TPSA) is 68.3 Å². The van der Waals surface area contributed by atoms with E-state index in [9.17, 15) is 0 Å². The zero-order chi connectivity index (χ0) is 4.50. The summed E-state index contributed by atoms with van der Waals surface area (Å²) in [4.78, 5) is 0. The summed E-state index contributed by atoms with van der Waals surface area (Å²) >= 11 is -6.06. The summed E-state index contributed by atoms with van der Waals surface area (Å²) in [5.74, 6) is 0. The van der Waals surface area contributed by atoms with Crippen LogP contribution in [-0.4, -0.2) is 18.9 Å². The summed E-state index contributed by atoms with van der Waals surface area (Å²) in [5.41, 5.74) is 0. The molecule has 0 unspecified atom stereocenters. The molecule has 0 aromatic heterocycles. The molecule has 0 heterocycles. The maximum absolute atomic E-state index is 8.63. The van der Waals surface area contributed by atoms with Gasteiger partial charge >= 0.3 is 47.9 Å². The number of hydrogen-bond donors (Lipinski definition) is 0. The summed E-state index contributed by atoms with van der Waals surface area (Å²) in [6, 6.07) is 0. The van der Waals surface area contributed by atoms with Gasteiger partial charge in [-0.05, 0) is 0 Å². The first-order valence-electron chi connectivity index (χ1n) is 0.577. The van der Waals surface area contributed by atoms with Gasteiger partial charge in [-0.15, -0.1) is 0 Å². The van der Waals surface area contributed by atoms with Crippen molar-refractivity contribution in [1.29, 1.82) is 0 Å². The Kier molecular flexibility index (Phi) is 4.16. The van der Waals surface area contributed by atoms with Crippen LogP contribution >= 0.6 is 0 Å². The normalized spacial score (nSPS) is 9.33. The van der Waals surface area contributed by atoms with Gasteiger partial charge in [-0.25, -0.2) is 0 Å². The average Bonchev–Trinajstić information content (AvgIpc) is 0.722. The Hall–Kier alpha value is 0.434. The third kappa shape index (κ3) is 278. The second kappa shape index (κ2) is 2.58. The molecule has 0 radical (unpaired) electrons. The van der Waals surface area contributed by atoms with Crippen LogP contribution in [0.25, 0.3) is 0 Å². The molecule has 0 fully saturated rings. The molecule has 0 aromatic carbocycles. The van der Waals surface area contributed by atoms with E-state index in [1.807, 2.05) is 0 Å². The number of hydrogen-bond acceptors (Lipinski definition) is 4. The SMILES string of the molecule is [LiH].[O]=[Os](=[O])(=[O])=[O]. The van der Waals surface area contributed by atoms with Crippen LogP contribution in [0.1, 0.15) is 0 Å². The second-order valence-corrected chi connectivity index (χ2v) is 2.89. The van der Waals surface area contributed by atoms with Crippen LogP contribution in [0.15, 0.2) is 0 Å². The molecule has 0 bridgehead atoms. The van der Waals surface area contributed by atoms with E-state index in [1.54, 1.807) is 0 Å². The summed E-state index contributed by atoms with van der Waals surface area (Å²) in [7, 11) is 0.